The SMILES string of the molecule is CCCCCCCCCCCCCCCC(=O)CCCCCCC(=O)NCCCCC(NC(C)(C)C)C(=O)C(C)(C)C. The summed E-state index contributed by atoms with van der Waals surface area (Å²) in [4.78, 5) is 37.2. The minimum absolute atomic E-state index is 0.112. The van der Waals surface area contributed by atoms with E-state index < -0.39 is 0 Å². The van der Waals surface area contributed by atoms with E-state index >= 15 is 0 Å². The normalized spacial score (nSPS) is 12.8. The third-order valence-electron chi connectivity index (χ3n) is 8.07. The molecule has 0 aromatic heterocycles. The highest BCUT2D eigenvalue weighted by atomic mass is 16.1. The Kier molecular flexibility index (Phi) is 24.4. The molecule has 0 bridgehead atoms. The lowest BCUT2D eigenvalue weighted by atomic mass is 9.84. The van der Waals surface area contributed by atoms with Gasteiger partial charge in [0.1, 0.15) is 5.78 Å². The first-order chi connectivity index (χ1) is 19.9. The summed E-state index contributed by atoms with van der Waals surface area (Å²) in [7, 11) is 0. The maximum atomic E-state index is 12.8. The molecule has 5 heteroatoms. The van der Waals surface area contributed by atoms with Crippen molar-refractivity contribution in [1.29, 1.82) is 0 Å². The van der Waals surface area contributed by atoms with Crippen molar-refractivity contribution in [2.75, 3.05) is 6.54 Å². The number of amides is 1. The summed E-state index contributed by atoms with van der Waals surface area (Å²) >= 11 is 0. The molecule has 0 saturated carbocycles. The van der Waals surface area contributed by atoms with Crippen molar-refractivity contribution in [3.63, 3.8) is 0 Å². The number of Topliss-reactive ketones (excluding diaryl/α,β-unsaturated/α-hetero) is 2. The Bertz CT molecular complexity index is 690. The Hall–Kier alpha value is -1.23. The van der Waals surface area contributed by atoms with Gasteiger partial charge in [-0.1, -0.05) is 118 Å². The monoisotopic (exact) mass is 593 g/mol. The van der Waals surface area contributed by atoms with Gasteiger partial charge in [-0.05, 0) is 59.3 Å². The minimum Gasteiger partial charge on any atom is -0.356 e. The fourth-order valence-electron chi connectivity index (χ4n) is 5.53. The molecular weight excluding hydrogens is 520 g/mol. The molecule has 0 radical (unpaired) electrons. The Labute approximate surface area is 261 Å². The van der Waals surface area contributed by atoms with Gasteiger partial charge in [0.2, 0.25) is 5.91 Å². The lowest BCUT2D eigenvalue weighted by Crippen LogP contribution is -2.50. The number of hydrogen-bond acceptors (Lipinski definition) is 4. The maximum absolute atomic E-state index is 12.8. The molecule has 0 aliphatic carbocycles. The minimum atomic E-state index is -0.365. The van der Waals surface area contributed by atoms with Crippen LogP contribution in [-0.2, 0) is 14.4 Å². The molecule has 0 saturated heterocycles. The Balaban J connectivity index is 3.65. The van der Waals surface area contributed by atoms with Crippen molar-refractivity contribution < 1.29 is 14.4 Å². The molecule has 0 aliphatic rings. The van der Waals surface area contributed by atoms with E-state index in [1.807, 2.05) is 20.8 Å². The van der Waals surface area contributed by atoms with Crippen LogP contribution in [0.15, 0.2) is 0 Å². The van der Waals surface area contributed by atoms with Gasteiger partial charge in [0.15, 0.2) is 5.78 Å². The van der Waals surface area contributed by atoms with Gasteiger partial charge in [0.25, 0.3) is 0 Å². The summed E-state index contributed by atoms with van der Waals surface area (Å²) in [5.74, 6) is 0.784. The predicted octanol–water partition coefficient (Wildman–Crippen LogP) is 10.0. The third-order valence-corrected chi connectivity index (χ3v) is 8.07. The van der Waals surface area contributed by atoms with Crippen LogP contribution in [0.3, 0.4) is 0 Å². The number of unbranched alkanes of at least 4 members (excludes halogenated alkanes) is 16. The molecule has 1 amide bonds. The molecule has 248 valence electrons. The molecule has 0 heterocycles. The quantitative estimate of drug-likeness (QED) is 0.0886. The lowest BCUT2D eigenvalue weighted by molar-refractivity contribution is -0.129. The van der Waals surface area contributed by atoms with E-state index in [-0.39, 0.29) is 28.7 Å². The molecular formula is C37H72N2O3. The molecule has 0 aliphatic heterocycles. The fraction of sp³-hybridized carbons (Fsp3) is 0.919. The number of nitrogens with one attached hydrogen (secondary N) is 2. The fourth-order valence-corrected chi connectivity index (χ4v) is 5.53. The first-order valence-electron chi connectivity index (χ1n) is 18.0. The molecule has 1 atom stereocenters. The van der Waals surface area contributed by atoms with E-state index in [1.54, 1.807) is 0 Å². The van der Waals surface area contributed by atoms with E-state index in [2.05, 4.69) is 38.3 Å². The summed E-state index contributed by atoms with van der Waals surface area (Å²) < 4.78 is 0. The second-order valence-corrected chi connectivity index (χ2v) is 14.9. The van der Waals surface area contributed by atoms with E-state index in [4.69, 9.17) is 0 Å². The van der Waals surface area contributed by atoms with Gasteiger partial charge in [-0.2, -0.15) is 0 Å². The van der Waals surface area contributed by atoms with Gasteiger partial charge in [0.05, 0.1) is 6.04 Å². The van der Waals surface area contributed by atoms with E-state index in [0.717, 1.165) is 57.8 Å². The first kappa shape index (κ1) is 40.8. The summed E-state index contributed by atoms with van der Waals surface area (Å²) in [5, 5.41) is 6.52. The smallest absolute Gasteiger partial charge is 0.219 e. The average molecular weight is 593 g/mol. The van der Waals surface area contributed by atoms with Crippen molar-refractivity contribution in [3.8, 4) is 0 Å². The van der Waals surface area contributed by atoms with Gasteiger partial charge in [-0.3, -0.25) is 14.4 Å². The van der Waals surface area contributed by atoms with Crippen LogP contribution in [0.1, 0.15) is 196 Å². The topological polar surface area (TPSA) is 75.3 Å². The second-order valence-electron chi connectivity index (χ2n) is 14.9. The maximum Gasteiger partial charge on any atom is 0.219 e. The predicted molar refractivity (Wildman–Crippen MR) is 181 cm³/mol. The zero-order valence-corrected chi connectivity index (χ0v) is 29.3. The Morgan fingerprint density at radius 1 is 0.548 bits per heavy atom. The average Bonchev–Trinajstić information content (AvgIpc) is 2.90. The van der Waals surface area contributed by atoms with Crippen LogP contribution in [0, 0.1) is 5.41 Å². The van der Waals surface area contributed by atoms with Crippen LogP contribution in [0.25, 0.3) is 0 Å². The number of carbonyl (C=O) groups excluding carboxylic acids is 3. The van der Waals surface area contributed by atoms with Crippen LogP contribution in [0.5, 0.6) is 0 Å². The number of hydrogen-bond donors (Lipinski definition) is 2. The Morgan fingerprint density at radius 3 is 1.40 bits per heavy atom. The zero-order chi connectivity index (χ0) is 31.7. The second kappa shape index (κ2) is 25.1. The highest BCUT2D eigenvalue weighted by Gasteiger charge is 2.31. The molecule has 0 spiro atoms. The zero-order valence-electron chi connectivity index (χ0n) is 29.3. The van der Waals surface area contributed by atoms with Crippen molar-refractivity contribution in [2.24, 2.45) is 5.41 Å². The molecule has 5 nitrogen and oxygen atoms in total. The molecule has 0 aromatic carbocycles. The summed E-state index contributed by atoms with van der Waals surface area (Å²) in [6.07, 6.45) is 25.8. The number of ketones is 2. The van der Waals surface area contributed by atoms with Crippen LogP contribution >= 0.6 is 0 Å². The number of rotatable bonds is 28. The number of carbonyl (C=O) groups is 3. The summed E-state index contributed by atoms with van der Waals surface area (Å²) in [6, 6.07) is -0.151. The first-order valence-corrected chi connectivity index (χ1v) is 18.0. The van der Waals surface area contributed by atoms with Gasteiger partial charge in [0, 0.05) is 36.8 Å². The van der Waals surface area contributed by atoms with Gasteiger partial charge < -0.3 is 10.6 Å². The third kappa shape index (κ3) is 26.4. The van der Waals surface area contributed by atoms with Crippen molar-refractivity contribution in [3.05, 3.63) is 0 Å². The van der Waals surface area contributed by atoms with Crippen molar-refractivity contribution in [1.82, 2.24) is 10.6 Å². The van der Waals surface area contributed by atoms with Gasteiger partial charge >= 0.3 is 0 Å². The van der Waals surface area contributed by atoms with E-state index in [0.29, 0.717) is 25.2 Å². The van der Waals surface area contributed by atoms with Crippen molar-refractivity contribution in [2.45, 2.75) is 208 Å². The van der Waals surface area contributed by atoms with Gasteiger partial charge in [-0.15, -0.1) is 0 Å². The molecule has 1 unspecified atom stereocenters. The summed E-state index contributed by atoms with van der Waals surface area (Å²) in [5.41, 5.74) is -0.477. The highest BCUT2D eigenvalue weighted by molar-refractivity contribution is 5.88. The van der Waals surface area contributed by atoms with Crippen molar-refractivity contribution >= 4 is 17.5 Å². The van der Waals surface area contributed by atoms with Crippen LogP contribution in [-0.4, -0.2) is 35.6 Å². The lowest BCUT2D eigenvalue weighted by Gasteiger charge is -2.31. The van der Waals surface area contributed by atoms with Crippen LogP contribution in [0.2, 0.25) is 0 Å². The summed E-state index contributed by atoms with van der Waals surface area (Å²) in [6.45, 7) is 15.1. The largest absolute Gasteiger partial charge is 0.356 e. The Morgan fingerprint density at radius 2 is 0.976 bits per heavy atom. The standard InChI is InChI=1S/C37H72N2O3/c1-8-9-10-11-12-13-14-15-16-17-18-19-22-27-32(40)28-23-20-21-24-30-34(41)38-31-26-25-29-33(39-37(5,6)7)35(42)36(2,3)4/h33,39H,8-31H2,1-7H3,(H,38,41). The highest BCUT2D eigenvalue weighted by Crippen LogP contribution is 2.21. The van der Waals surface area contributed by atoms with Gasteiger partial charge in [-0.25, -0.2) is 0 Å². The molecule has 2 N–H and O–H groups in total. The molecule has 42 heavy (non-hydrogen) atoms. The van der Waals surface area contributed by atoms with Crippen LogP contribution in [0.4, 0.5) is 0 Å². The van der Waals surface area contributed by atoms with Crippen LogP contribution < -0.4 is 10.6 Å². The molecule has 0 rings (SSSR count). The van der Waals surface area contributed by atoms with E-state index in [9.17, 15) is 14.4 Å². The molecule has 0 fully saturated rings. The molecule has 0 aromatic rings. The van der Waals surface area contributed by atoms with E-state index in [1.165, 1.54) is 77.0 Å².